The maximum atomic E-state index is 12.5. The van der Waals surface area contributed by atoms with Crippen LogP contribution in [0.2, 0.25) is 0 Å². The number of ether oxygens (including phenoxy) is 1. The van der Waals surface area contributed by atoms with Gasteiger partial charge < -0.3 is 19.1 Å². The predicted molar refractivity (Wildman–Crippen MR) is 111 cm³/mol. The fraction of sp³-hybridized carbons (Fsp3) is 0.450. The Morgan fingerprint density at radius 1 is 1.36 bits per heavy atom. The average Bonchev–Trinajstić information content (AvgIpc) is 3.33. The number of piperidine rings is 1. The molecule has 0 N–H and O–H groups in total. The number of aromatic nitrogens is 3. The Labute approximate surface area is 168 Å². The number of benzene rings is 1. The summed E-state index contributed by atoms with van der Waals surface area (Å²) in [6.45, 7) is 2.70. The molecule has 0 aliphatic carbocycles. The van der Waals surface area contributed by atoms with Gasteiger partial charge in [-0.15, -0.1) is 0 Å². The first-order valence-corrected chi connectivity index (χ1v) is 10.3. The van der Waals surface area contributed by atoms with Gasteiger partial charge in [-0.05, 0) is 30.9 Å². The topological polar surface area (TPSA) is 63.5 Å². The molecule has 1 aliphatic rings. The standard InChI is InChI=1S/C20H25N5O2S/c1-23-12-17(21-13-23)19(26)24(2)11-14-6-8-25(9-7-14)20-22-16-10-15(27-3)4-5-18(16)28-20/h4-5,10,12-14H,6-9,11H2,1-3H3. The smallest absolute Gasteiger partial charge is 0.273 e. The number of carbonyl (C=O) groups excluding carboxylic acids is 1. The Morgan fingerprint density at radius 2 is 2.14 bits per heavy atom. The van der Waals surface area contributed by atoms with Crippen molar-refractivity contribution >= 4 is 32.6 Å². The Balaban J connectivity index is 1.35. The van der Waals surface area contributed by atoms with Crippen LogP contribution >= 0.6 is 11.3 Å². The van der Waals surface area contributed by atoms with Crippen molar-refractivity contribution in [2.75, 3.05) is 38.7 Å². The lowest BCUT2D eigenvalue weighted by Crippen LogP contribution is -2.39. The summed E-state index contributed by atoms with van der Waals surface area (Å²) in [7, 11) is 5.41. The lowest BCUT2D eigenvalue weighted by atomic mass is 9.96. The highest BCUT2D eigenvalue weighted by molar-refractivity contribution is 7.22. The molecule has 7 nitrogen and oxygen atoms in total. The highest BCUT2D eigenvalue weighted by atomic mass is 32.1. The van der Waals surface area contributed by atoms with Crippen molar-refractivity contribution in [1.29, 1.82) is 0 Å². The first-order chi connectivity index (χ1) is 13.5. The van der Waals surface area contributed by atoms with Gasteiger partial charge in [0.15, 0.2) is 5.13 Å². The molecule has 2 aromatic heterocycles. The van der Waals surface area contributed by atoms with Gasteiger partial charge in [-0.3, -0.25) is 4.79 Å². The zero-order valence-electron chi connectivity index (χ0n) is 16.5. The minimum absolute atomic E-state index is 0.0110. The van der Waals surface area contributed by atoms with Crippen molar-refractivity contribution in [2.45, 2.75) is 12.8 Å². The summed E-state index contributed by atoms with van der Waals surface area (Å²) in [5, 5.41) is 1.07. The minimum atomic E-state index is -0.0110. The van der Waals surface area contributed by atoms with Crippen LogP contribution in [0.4, 0.5) is 5.13 Å². The molecule has 1 saturated heterocycles. The van der Waals surface area contributed by atoms with Gasteiger partial charge in [-0.25, -0.2) is 9.97 Å². The van der Waals surface area contributed by atoms with Gasteiger partial charge in [0, 0.05) is 46.0 Å². The van der Waals surface area contributed by atoms with E-state index in [1.807, 2.05) is 26.2 Å². The zero-order chi connectivity index (χ0) is 19.7. The van der Waals surface area contributed by atoms with Crippen LogP contribution in [-0.4, -0.2) is 59.1 Å². The third kappa shape index (κ3) is 3.82. The number of nitrogens with zero attached hydrogens (tertiary/aromatic N) is 5. The number of carbonyl (C=O) groups is 1. The number of thiazole rings is 1. The van der Waals surface area contributed by atoms with E-state index in [0.717, 1.165) is 48.9 Å². The van der Waals surface area contributed by atoms with Gasteiger partial charge in [0.2, 0.25) is 0 Å². The summed E-state index contributed by atoms with van der Waals surface area (Å²) in [5.41, 5.74) is 1.49. The lowest BCUT2D eigenvalue weighted by molar-refractivity contribution is 0.0759. The summed E-state index contributed by atoms with van der Waals surface area (Å²) in [4.78, 5) is 25.6. The molecule has 28 heavy (non-hydrogen) atoms. The third-order valence-electron chi connectivity index (χ3n) is 5.27. The molecule has 0 spiro atoms. The van der Waals surface area contributed by atoms with Crippen LogP contribution in [-0.2, 0) is 7.05 Å². The molecule has 3 heterocycles. The van der Waals surface area contributed by atoms with Gasteiger partial charge >= 0.3 is 0 Å². The number of hydrogen-bond donors (Lipinski definition) is 0. The molecule has 1 aliphatic heterocycles. The number of aryl methyl sites for hydroxylation is 1. The van der Waals surface area contributed by atoms with E-state index in [0.29, 0.717) is 11.6 Å². The van der Waals surface area contributed by atoms with Crippen molar-refractivity contribution in [1.82, 2.24) is 19.4 Å². The monoisotopic (exact) mass is 399 g/mol. The largest absolute Gasteiger partial charge is 0.497 e. The zero-order valence-corrected chi connectivity index (χ0v) is 17.3. The molecule has 8 heteroatoms. The molecule has 0 radical (unpaired) electrons. The number of fused-ring (bicyclic) bond motifs is 1. The maximum absolute atomic E-state index is 12.5. The highest BCUT2D eigenvalue weighted by Gasteiger charge is 2.25. The fourth-order valence-electron chi connectivity index (χ4n) is 3.65. The predicted octanol–water partition coefficient (Wildman–Crippen LogP) is 3.03. The van der Waals surface area contributed by atoms with E-state index in [9.17, 15) is 4.79 Å². The molecule has 0 saturated carbocycles. The second-order valence-corrected chi connectivity index (χ2v) is 8.38. The Hall–Kier alpha value is -2.61. The van der Waals surface area contributed by atoms with Crippen LogP contribution in [0.15, 0.2) is 30.7 Å². The van der Waals surface area contributed by atoms with Crippen molar-refractivity contribution in [3.63, 3.8) is 0 Å². The van der Waals surface area contributed by atoms with E-state index in [4.69, 9.17) is 9.72 Å². The Morgan fingerprint density at radius 3 is 2.82 bits per heavy atom. The van der Waals surface area contributed by atoms with Crippen LogP contribution in [0, 0.1) is 5.92 Å². The second-order valence-electron chi connectivity index (χ2n) is 7.37. The molecular formula is C20H25N5O2S. The molecule has 0 atom stereocenters. The van der Waals surface area contributed by atoms with E-state index >= 15 is 0 Å². The number of imidazole rings is 1. The van der Waals surface area contributed by atoms with Crippen LogP contribution in [0.3, 0.4) is 0 Å². The molecule has 4 rings (SSSR count). The van der Waals surface area contributed by atoms with Crippen molar-refractivity contribution in [3.05, 3.63) is 36.4 Å². The molecule has 1 amide bonds. The first-order valence-electron chi connectivity index (χ1n) is 9.46. The van der Waals surface area contributed by atoms with Crippen LogP contribution in [0.25, 0.3) is 10.2 Å². The first kappa shape index (κ1) is 18.7. The molecule has 0 bridgehead atoms. The second kappa shape index (κ2) is 7.79. The summed E-state index contributed by atoms with van der Waals surface area (Å²) < 4.78 is 8.27. The van der Waals surface area contributed by atoms with Crippen LogP contribution < -0.4 is 9.64 Å². The molecule has 148 valence electrons. The minimum Gasteiger partial charge on any atom is -0.497 e. The Kier molecular flexibility index (Phi) is 5.21. The van der Waals surface area contributed by atoms with Crippen molar-refractivity contribution in [3.8, 4) is 5.75 Å². The molecular weight excluding hydrogens is 374 g/mol. The molecule has 0 unspecified atom stereocenters. The summed E-state index contributed by atoms with van der Waals surface area (Å²) >= 11 is 1.73. The average molecular weight is 400 g/mol. The van der Waals surface area contributed by atoms with E-state index in [2.05, 4.69) is 16.0 Å². The van der Waals surface area contributed by atoms with E-state index in [1.165, 1.54) is 4.70 Å². The van der Waals surface area contributed by atoms with E-state index < -0.39 is 0 Å². The highest BCUT2D eigenvalue weighted by Crippen LogP contribution is 2.33. The number of anilines is 1. The summed E-state index contributed by atoms with van der Waals surface area (Å²) in [5.74, 6) is 1.33. The van der Waals surface area contributed by atoms with Gasteiger partial charge in [0.1, 0.15) is 11.4 Å². The molecule has 3 aromatic rings. The maximum Gasteiger partial charge on any atom is 0.273 e. The van der Waals surface area contributed by atoms with E-state index in [1.54, 1.807) is 40.4 Å². The summed E-state index contributed by atoms with van der Waals surface area (Å²) in [6, 6.07) is 6.03. The van der Waals surface area contributed by atoms with Crippen LogP contribution in [0.1, 0.15) is 23.3 Å². The number of rotatable bonds is 5. The number of hydrogen-bond acceptors (Lipinski definition) is 6. The third-order valence-corrected chi connectivity index (χ3v) is 6.37. The van der Waals surface area contributed by atoms with Gasteiger partial charge in [0.05, 0.1) is 23.7 Å². The van der Waals surface area contributed by atoms with Crippen LogP contribution in [0.5, 0.6) is 5.75 Å². The van der Waals surface area contributed by atoms with E-state index in [-0.39, 0.29) is 5.91 Å². The quantitative estimate of drug-likeness (QED) is 0.660. The van der Waals surface area contributed by atoms with Crippen molar-refractivity contribution < 1.29 is 9.53 Å². The Bertz CT molecular complexity index is 974. The number of amides is 1. The normalized spacial score (nSPS) is 15.2. The van der Waals surface area contributed by atoms with Gasteiger partial charge in [0.25, 0.3) is 5.91 Å². The molecule has 1 aromatic carbocycles. The number of methoxy groups -OCH3 is 1. The molecule has 1 fully saturated rings. The van der Waals surface area contributed by atoms with Gasteiger partial charge in [-0.2, -0.15) is 0 Å². The fourth-order valence-corrected chi connectivity index (χ4v) is 4.65. The summed E-state index contributed by atoms with van der Waals surface area (Å²) in [6.07, 6.45) is 5.54. The SMILES string of the molecule is COc1ccc2sc(N3CCC(CN(C)C(=O)c4cn(C)cn4)CC3)nc2c1. The lowest BCUT2D eigenvalue weighted by Gasteiger charge is -2.33. The van der Waals surface area contributed by atoms with Crippen molar-refractivity contribution in [2.24, 2.45) is 13.0 Å². The van der Waals surface area contributed by atoms with Gasteiger partial charge in [-0.1, -0.05) is 11.3 Å².